The van der Waals surface area contributed by atoms with Crippen LogP contribution in [-0.4, -0.2) is 33.4 Å². The van der Waals surface area contributed by atoms with E-state index in [1.807, 2.05) is 12.1 Å². The monoisotopic (exact) mass is 284 g/mol. The lowest BCUT2D eigenvalue weighted by Crippen LogP contribution is -2.30. The third-order valence-corrected chi connectivity index (χ3v) is 3.71. The first kappa shape index (κ1) is 16.3. The summed E-state index contributed by atoms with van der Waals surface area (Å²) < 4.78 is 5.04. The quantitative estimate of drug-likeness (QED) is 0.741. The Morgan fingerprint density at radius 1 is 1.42 bits per heavy atom. The fraction of sp³-hybridized carbons (Fsp3) is 0.600. The van der Waals surface area contributed by atoms with Gasteiger partial charge in [0.2, 0.25) is 0 Å². The van der Waals surface area contributed by atoms with Crippen LogP contribution in [0.4, 0.5) is 5.69 Å². The first-order valence-electron chi connectivity index (χ1n) is 6.81. The van der Waals surface area contributed by atoms with Crippen LogP contribution in [0.5, 0.6) is 0 Å². The van der Waals surface area contributed by atoms with E-state index >= 15 is 0 Å². The average molecular weight is 285 g/mol. The van der Waals surface area contributed by atoms with Gasteiger partial charge < -0.3 is 15.0 Å². The second kappa shape index (κ2) is 8.41. The van der Waals surface area contributed by atoms with Gasteiger partial charge in [-0.15, -0.1) is 0 Å². The molecule has 1 rings (SSSR count). The van der Waals surface area contributed by atoms with Gasteiger partial charge in [-0.3, -0.25) is 0 Å². The maximum atomic E-state index is 6.13. The molecule has 0 saturated carbocycles. The first-order chi connectivity index (χ1) is 9.10. The Morgan fingerprint density at radius 2 is 2.16 bits per heavy atom. The summed E-state index contributed by atoms with van der Waals surface area (Å²) in [5.41, 5.74) is 2.47. The zero-order valence-corrected chi connectivity index (χ0v) is 13.1. The van der Waals surface area contributed by atoms with Crippen LogP contribution < -0.4 is 10.2 Å². The minimum Gasteiger partial charge on any atom is -0.383 e. The lowest BCUT2D eigenvalue weighted by Gasteiger charge is -2.28. The first-order valence-corrected chi connectivity index (χ1v) is 7.18. The van der Waals surface area contributed by atoms with Crippen LogP contribution in [0.2, 0.25) is 5.02 Å². The molecular formula is C15H25ClN2O. The van der Waals surface area contributed by atoms with Crippen LogP contribution in [0.25, 0.3) is 0 Å². The minimum absolute atomic E-state index is 0.496. The van der Waals surface area contributed by atoms with Crippen molar-refractivity contribution in [1.29, 1.82) is 0 Å². The molecule has 19 heavy (non-hydrogen) atoms. The van der Waals surface area contributed by atoms with E-state index in [9.17, 15) is 0 Å². The Hall–Kier alpha value is -0.770. The molecule has 0 aromatic heterocycles. The second-order valence-corrected chi connectivity index (χ2v) is 5.25. The summed E-state index contributed by atoms with van der Waals surface area (Å²) in [6.07, 6.45) is 1.11. The topological polar surface area (TPSA) is 24.5 Å². The van der Waals surface area contributed by atoms with Gasteiger partial charge in [0.05, 0.1) is 6.61 Å². The number of ether oxygens (including phenoxy) is 1. The molecule has 3 nitrogen and oxygen atoms in total. The molecule has 0 saturated heterocycles. The van der Waals surface area contributed by atoms with Crippen LogP contribution in [0.15, 0.2) is 18.2 Å². The summed E-state index contributed by atoms with van der Waals surface area (Å²) in [7, 11) is 3.84. The van der Waals surface area contributed by atoms with E-state index in [2.05, 4.69) is 37.2 Å². The Labute approximate surface area is 121 Å². The van der Waals surface area contributed by atoms with Crippen LogP contribution in [0, 0.1) is 0 Å². The standard InChI is InChI=1S/C15H25ClN2O/c1-5-12(2)18(3)15-10-14(16)7-6-13(15)11-17-8-9-19-4/h6-7,10,12,17H,5,8-9,11H2,1-4H3. The molecule has 0 amide bonds. The molecule has 1 atom stereocenters. The summed E-state index contributed by atoms with van der Waals surface area (Å²) in [6.45, 7) is 6.83. The Kier molecular flexibility index (Phi) is 7.21. The highest BCUT2D eigenvalue weighted by molar-refractivity contribution is 6.30. The number of nitrogens with one attached hydrogen (secondary N) is 1. The Bertz CT molecular complexity index is 384. The minimum atomic E-state index is 0.496. The largest absolute Gasteiger partial charge is 0.383 e. The SMILES string of the molecule is CCC(C)N(C)c1cc(Cl)ccc1CNCCOC. The summed E-state index contributed by atoms with van der Waals surface area (Å²) in [5, 5.41) is 4.16. The molecule has 0 spiro atoms. The molecule has 0 radical (unpaired) electrons. The zero-order valence-electron chi connectivity index (χ0n) is 12.4. The molecular weight excluding hydrogens is 260 g/mol. The van der Waals surface area contributed by atoms with E-state index in [0.29, 0.717) is 6.04 Å². The molecule has 0 fully saturated rings. The molecule has 1 N–H and O–H groups in total. The van der Waals surface area contributed by atoms with Crippen molar-refractivity contribution < 1.29 is 4.74 Å². The number of anilines is 1. The smallest absolute Gasteiger partial charge is 0.0587 e. The van der Waals surface area contributed by atoms with Gasteiger partial charge >= 0.3 is 0 Å². The molecule has 0 heterocycles. The number of halogens is 1. The average Bonchev–Trinajstić information content (AvgIpc) is 2.43. The van der Waals surface area contributed by atoms with Crippen molar-refractivity contribution >= 4 is 17.3 Å². The fourth-order valence-electron chi connectivity index (χ4n) is 1.92. The van der Waals surface area contributed by atoms with Crippen molar-refractivity contribution in [2.75, 3.05) is 32.2 Å². The molecule has 1 aromatic carbocycles. The number of rotatable bonds is 8. The zero-order chi connectivity index (χ0) is 14.3. The maximum absolute atomic E-state index is 6.13. The van der Waals surface area contributed by atoms with E-state index in [4.69, 9.17) is 16.3 Å². The number of nitrogens with zero attached hydrogens (tertiary/aromatic N) is 1. The van der Waals surface area contributed by atoms with Crippen molar-refractivity contribution in [3.63, 3.8) is 0 Å². The van der Waals surface area contributed by atoms with Crippen molar-refractivity contribution in [2.45, 2.75) is 32.9 Å². The van der Waals surface area contributed by atoms with Crippen LogP contribution >= 0.6 is 11.6 Å². The molecule has 108 valence electrons. The van der Waals surface area contributed by atoms with Gasteiger partial charge in [-0.25, -0.2) is 0 Å². The van der Waals surface area contributed by atoms with E-state index in [-0.39, 0.29) is 0 Å². The fourth-order valence-corrected chi connectivity index (χ4v) is 2.09. The van der Waals surface area contributed by atoms with Gasteiger partial charge in [0.15, 0.2) is 0 Å². The normalized spacial score (nSPS) is 12.5. The van der Waals surface area contributed by atoms with Gasteiger partial charge in [-0.05, 0) is 31.0 Å². The lowest BCUT2D eigenvalue weighted by molar-refractivity contribution is 0.199. The van der Waals surface area contributed by atoms with Gasteiger partial charge in [0.1, 0.15) is 0 Å². The van der Waals surface area contributed by atoms with Crippen LogP contribution in [0.3, 0.4) is 0 Å². The molecule has 0 aliphatic rings. The molecule has 1 unspecified atom stereocenters. The maximum Gasteiger partial charge on any atom is 0.0587 e. The highest BCUT2D eigenvalue weighted by atomic mass is 35.5. The van der Waals surface area contributed by atoms with Gasteiger partial charge in [-0.2, -0.15) is 0 Å². The predicted molar refractivity (Wildman–Crippen MR) is 83.2 cm³/mol. The molecule has 0 aliphatic heterocycles. The third-order valence-electron chi connectivity index (χ3n) is 3.48. The summed E-state index contributed by atoms with van der Waals surface area (Å²) in [4.78, 5) is 2.29. The molecule has 4 heteroatoms. The summed E-state index contributed by atoms with van der Waals surface area (Å²) >= 11 is 6.13. The van der Waals surface area contributed by atoms with E-state index in [1.54, 1.807) is 7.11 Å². The highest BCUT2D eigenvalue weighted by Gasteiger charge is 2.12. The van der Waals surface area contributed by atoms with Gasteiger partial charge in [0.25, 0.3) is 0 Å². The van der Waals surface area contributed by atoms with E-state index < -0.39 is 0 Å². The summed E-state index contributed by atoms with van der Waals surface area (Å²) in [6, 6.07) is 6.58. The third kappa shape index (κ3) is 5.01. The predicted octanol–water partition coefficient (Wildman–Crippen LogP) is 3.31. The number of hydrogen-bond acceptors (Lipinski definition) is 3. The van der Waals surface area contributed by atoms with E-state index in [0.717, 1.165) is 31.1 Å². The van der Waals surface area contributed by atoms with Gasteiger partial charge in [-0.1, -0.05) is 24.6 Å². The number of benzene rings is 1. The van der Waals surface area contributed by atoms with Crippen molar-refractivity contribution in [1.82, 2.24) is 5.32 Å². The van der Waals surface area contributed by atoms with Crippen molar-refractivity contribution in [2.24, 2.45) is 0 Å². The number of methoxy groups -OCH3 is 1. The molecule has 0 aliphatic carbocycles. The molecule has 0 bridgehead atoms. The second-order valence-electron chi connectivity index (χ2n) is 4.81. The number of hydrogen-bond donors (Lipinski definition) is 1. The van der Waals surface area contributed by atoms with Gasteiger partial charge in [0, 0.05) is 44.0 Å². The Balaban J connectivity index is 2.79. The van der Waals surface area contributed by atoms with Crippen molar-refractivity contribution in [3.8, 4) is 0 Å². The molecule has 1 aromatic rings. The summed E-state index contributed by atoms with van der Waals surface area (Å²) in [5.74, 6) is 0. The lowest BCUT2D eigenvalue weighted by atomic mass is 10.1. The Morgan fingerprint density at radius 3 is 2.79 bits per heavy atom. The van der Waals surface area contributed by atoms with Crippen LogP contribution in [0.1, 0.15) is 25.8 Å². The highest BCUT2D eigenvalue weighted by Crippen LogP contribution is 2.26. The van der Waals surface area contributed by atoms with E-state index in [1.165, 1.54) is 11.3 Å². The van der Waals surface area contributed by atoms with Crippen LogP contribution in [-0.2, 0) is 11.3 Å². The van der Waals surface area contributed by atoms with Crippen molar-refractivity contribution in [3.05, 3.63) is 28.8 Å².